The zero-order valence-corrected chi connectivity index (χ0v) is 14.7. The SMILES string of the molecule is COc1ccc(-c2nc3c([nH]2)CN(c2cc(OC)nc(N)n2)CC3)cc1. The minimum atomic E-state index is 0.202. The largest absolute Gasteiger partial charge is 0.497 e. The molecule has 134 valence electrons. The summed E-state index contributed by atoms with van der Waals surface area (Å²) < 4.78 is 10.4. The van der Waals surface area contributed by atoms with Crippen LogP contribution in [0, 0.1) is 0 Å². The summed E-state index contributed by atoms with van der Waals surface area (Å²) in [5.74, 6) is 3.10. The minimum absolute atomic E-state index is 0.202. The van der Waals surface area contributed by atoms with Crippen LogP contribution < -0.4 is 20.1 Å². The van der Waals surface area contributed by atoms with Gasteiger partial charge >= 0.3 is 0 Å². The highest BCUT2D eigenvalue weighted by Gasteiger charge is 2.22. The van der Waals surface area contributed by atoms with Crippen LogP contribution in [0.25, 0.3) is 11.4 Å². The Morgan fingerprint density at radius 2 is 1.88 bits per heavy atom. The number of benzene rings is 1. The number of anilines is 2. The maximum atomic E-state index is 5.78. The molecule has 0 saturated heterocycles. The Labute approximate surface area is 151 Å². The highest BCUT2D eigenvalue weighted by molar-refractivity contribution is 5.58. The summed E-state index contributed by atoms with van der Waals surface area (Å²) in [6, 6.07) is 9.65. The molecule has 26 heavy (non-hydrogen) atoms. The number of H-pyrrole nitrogens is 1. The molecule has 0 fully saturated rings. The number of aromatic amines is 1. The highest BCUT2D eigenvalue weighted by Crippen LogP contribution is 2.27. The van der Waals surface area contributed by atoms with Crippen molar-refractivity contribution in [1.82, 2.24) is 19.9 Å². The number of nitrogens with zero attached hydrogens (tertiary/aromatic N) is 4. The quantitative estimate of drug-likeness (QED) is 0.740. The minimum Gasteiger partial charge on any atom is -0.497 e. The van der Waals surface area contributed by atoms with Gasteiger partial charge in [-0.3, -0.25) is 0 Å². The van der Waals surface area contributed by atoms with E-state index in [4.69, 9.17) is 20.2 Å². The van der Waals surface area contributed by atoms with Gasteiger partial charge < -0.3 is 25.1 Å². The Balaban J connectivity index is 1.59. The van der Waals surface area contributed by atoms with Crippen molar-refractivity contribution in [1.29, 1.82) is 0 Å². The van der Waals surface area contributed by atoms with Gasteiger partial charge in [0.1, 0.15) is 17.4 Å². The number of nitrogen functional groups attached to an aromatic ring is 1. The summed E-state index contributed by atoms with van der Waals surface area (Å²) in [6.07, 6.45) is 0.828. The summed E-state index contributed by atoms with van der Waals surface area (Å²) in [6.45, 7) is 1.48. The molecule has 0 unspecified atom stereocenters. The van der Waals surface area contributed by atoms with Crippen LogP contribution in [0.3, 0.4) is 0 Å². The molecular weight excluding hydrogens is 332 g/mol. The molecule has 3 aromatic rings. The van der Waals surface area contributed by atoms with Crippen molar-refractivity contribution >= 4 is 11.8 Å². The zero-order valence-electron chi connectivity index (χ0n) is 14.7. The summed E-state index contributed by atoms with van der Waals surface area (Å²) in [7, 11) is 3.22. The topological polar surface area (TPSA) is 102 Å². The second-order valence-electron chi connectivity index (χ2n) is 6.04. The van der Waals surface area contributed by atoms with Gasteiger partial charge in [-0.05, 0) is 24.3 Å². The van der Waals surface area contributed by atoms with E-state index in [9.17, 15) is 0 Å². The van der Waals surface area contributed by atoms with Crippen LogP contribution in [-0.2, 0) is 13.0 Å². The summed E-state index contributed by atoms with van der Waals surface area (Å²) in [5, 5.41) is 0. The molecule has 3 N–H and O–H groups in total. The Morgan fingerprint density at radius 1 is 1.08 bits per heavy atom. The molecule has 4 rings (SSSR count). The van der Waals surface area contributed by atoms with E-state index in [1.54, 1.807) is 20.3 Å². The van der Waals surface area contributed by atoms with Crippen LogP contribution in [0.2, 0.25) is 0 Å². The number of rotatable bonds is 4. The van der Waals surface area contributed by atoms with Gasteiger partial charge in [0.05, 0.1) is 32.2 Å². The number of imidazole rings is 1. The summed E-state index contributed by atoms with van der Waals surface area (Å²) >= 11 is 0. The average Bonchev–Trinajstić information content (AvgIpc) is 3.10. The molecule has 3 heterocycles. The lowest BCUT2D eigenvalue weighted by Crippen LogP contribution is -2.31. The smallest absolute Gasteiger partial charge is 0.225 e. The van der Waals surface area contributed by atoms with E-state index < -0.39 is 0 Å². The van der Waals surface area contributed by atoms with Gasteiger partial charge in [0.25, 0.3) is 0 Å². The number of hydrogen-bond acceptors (Lipinski definition) is 7. The number of ether oxygens (including phenoxy) is 2. The van der Waals surface area contributed by atoms with Crippen molar-refractivity contribution in [2.75, 3.05) is 31.4 Å². The Bertz CT molecular complexity index is 922. The average molecular weight is 352 g/mol. The number of nitrogens with two attached hydrogens (primary N) is 1. The highest BCUT2D eigenvalue weighted by atomic mass is 16.5. The molecule has 2 aromatic heterocycles. The molecule has 0 spiro atoms. The van der Waals surface area contributed by atoms with E-state index in [2.05, 4.69) is 19.9 Å². The summed E-state index contributed by atoms with van der Waals surface area (Å²) in [5.41, 5.74) is 8.97. The summed E-state index contributed by atoms with van der Waals surface area (Å²) in [4.78, 5) is 18.7. The molecule has 8 heteroatoms. The first-order valence-corrected chi connectivity index (χ1v) is 8.32. The predicted octanol–water partition coefficient (Wildman–Crippen LogP) is 2.03. The Hall–Kier alpha value is -3.29. The first kappa shape index (κ1) is 16.2. The third-order valence-electron chi connectivity index (χ3n) is 4.43. The maximum absolute atomic E-state index is 5.78. The molecule has 0 radical (unpaired) electrons. The molecule has 0 aliphatic carbocycles. The van der Waals surface area contributed by atoms with Crippen molar-refractivity contribution in [2.24, 2.45) is 0 Å². The van der Waals surface area contributed by atoms with Crippen molar-refractivity contribution in [3.8, 4) is 23.0 Å². The first-order chi connectivity index (χ1) is 12.7. The molecule has 1 aliphatic heterocycles. The second-order valence-corrected chi connectivity index (χ2v) is 6.04. The van der Waals surface area contributed by atoms with E-state index in [0.29, 0.717) is 12.4 Å². The number of aromatic nitrogens is 4. The third kappa shape index (κ3) is 3.01. The van der Waals surface area contributed by atoms with Gasteiger partial charge in [-0.25, -0.2) is 4.98 Å². The monoisotopic (exact) mass is 352 g/mol. The number of nitrogens with one attached hydrogen (secondary N) is 1. The van der Waals surface area contributed by atoms with Crippen LogP contribution in [0.5, 0.6) is 11.6 Å². The van der Waals surface area contributed by atoms with Gasteiger partial charge in [-0.15, -0.1) is 0 Å². The number of fused-ring (bicyclic) bond motifs is 1. The van der Waals surface area contributed by atoms with Crippen LogP contribution in [-0.4, -0.2) is 40.7 Å². The van der Waals surface area contributed by atoms with Crippen molar-refractivity contribution in [3.63, 3.8) is 0 Å². The Morgan fingerprint density at radius 3 is 2.62 bits per heavy atom. The fraction of sp³-hybridized carbons (Fsp3) is 0.278. The van der Waals surface area contributed by atoms with Crippen LogP contribution in [0.1, 0.15) is 11.4 Å². The Kier molecular flexibility index (Phi) is 4.08. The van der Waals surface area contributed by atoms with Gasteiger partial charge in [0.15, 0.2) is 0 Å². The normalized spacial score (nSPS) is 13.4. The molecule has 0 atom stereocenters. The predicted molar refractivity (Wildman–Crippen MR) is 98.3 cm³/mol. The van der Waals surface area contributed by atoms with Crippen molar-refractivity contribution in [2.45, 2.75) is 13.0 Å². The molecule has 0 amide bonds. The molecule has 0 saturated carbocycles. The van der Waals surface area contributed by atoms with E-state index in [1.807, 2.05) is 24.3 Å². The van der Waals surface area contributed by atoms with Gasteiger partial charge in [0.2, 0.25) is 11.8 Å². The lowest BCUT2D eigenvalue weighted by Gasteiger charge is -2.27. The molecule has 0 bridgehead atoms. The standard InChI is InChI=1S/C18H20N6O2/c1-25-12-5-3-11(4-6-12)17-20-13-7-8-24(10-14(13)21-17)15-9-16(26-2)23-18(19)22-15/h3-6,9H,7-8,10H2,1-2H3,(H,20,21)(H2,19,22,23). The molecular formula is C18H20N6O2. The van der Waals surface area contributed by atoms with Gasteiger partial charge in [-0.2, -0.15) is 9.97 Å². The zero-order chi connectivity index (χ0) is 18.1. The number of methoxy groups -OCH3 is 2. The third-order valence-corrected chi connectivity index (χ3v) is 4.43. The fourth-order valence-electron chi connectivity index (χ4n) is 3.07. The second kappa shape index (κ2) is 6.55. The molecule has 1 aliphatic rings. The van der Waals surface area contributed by atoms with E-state index in [-0.39, 0.29) is 5.95 Å². The van der Waals surface area contributed by atoms with Crippen LogP contribution in [0.15, 0.2) is 30.3 Å². The van der Waals surface area contributed by atoms with E-state index in [0.717, 1.165) is 47.3 Å². The van der Waals surface area contributed by atoms with Gasteiger partial charge in [0, 0.05) is 24.6 Å². The molecule has 8 nitrogen and oxygen atoms in total. The van der Waals surface area contributed by atoms with Gasteiger partial charge in [-0.1, -0.05) is 0 Å². The maximum Gasteiger partial charge on any atom is 0.225 e. The lowest BCUT2D eigenvalue weighted by molar-refractivity contribution is 0.397. The van der Waals surface area contributed by atoms with Crippen molar-refractivity contribution in [3.05, 3.63) is 41.7 Å². The van der Waals surface area contributed by atoms with E-state index in [1.165, 1.54) is 0 Å². The van der Waals surface area contributed by atoms with E-state index >= 15 is 0 Å². The lowest BCUT2D eigenvalue weighted by atomic mass is 10.1. The van der Waals surface area contributed by atoms with Crippen LogP contribution in [0.4, 0.5) is 11.8 Å². The first-order valence-electron chi connectivity index (χ1n) is 8.32. The fourth-order valence-corrected chi connectivity index (χ4v) is 3.07. The number of hydrogen-bond donors (Lipinski definition) is 2. The van der Waals surface area contributed by atoms with Crippen LogP contribution >= 0.6 is 0 Å². The van der Waals surface area contributed by atoms with Crippen molar-refractivity contribution < 1.29 is 9.47 Å². The molecule has 1 aromatic carbocycles.